The molecule has 1 saturated heterocycles. The molecular weight excluding hydrogens is 180 g/mol. The summed E-state index contributed by atoms with van der Waals surface area (Å²) >= 11 is 0. The van der Waals surface area contributed by atoms with Gasteiger partial charge < -0.3 is 15.8 Å². The molecule has 1 atom stereocenters. The van der Waals surface area contributed by atoms with Crippen LogP contribution in [0.5, 0.6) is 0 Å². The second-order valence-electron chi connectivity index (χ2n) is 3.82. The Kier molecular flexibility index (Phi) is 4.90. The molecule has 1 amide bonds. The maximum absolute atomic E-state index is 11.3. The van der Waals surface area contributed by atoms with Gasteiger partial charge in [0.1, 0.15) is 0 Å². The third-order valence-electron chi connectivity index (χ3n) is 2.68. The first kappa shape index (κ1) is 11.5. The summed E-state index contributed by atoms with van der Waals surface area (Å²) in [6.45, 7) is 4.30. The molecule has 0 saturated carbocycles. The number of carbonyl (C=O) groups is 1. The summed E-state index contributed by atoms with van der Waals surface area (Å²) in [5.41, 5.74) is 5.60. The maximum atomic E-state index is 11.3. The Bertz CT molecular complexity index is 179. The van der Waals surface area contributed by atoms with E-state index in [1.807, 2.05) is 6.92 Å². The number of ether oxygens (including phenoxy) is 1. The first-order valence-electron chi connectivity index (χ1n) is 5.35. The summed E-state index contributed by atoms with van der Waals surface area (Å²) in [5, 5.41) is 2.88. The van der Waals surface area contributed by atoms with E-state index in [0.717, 1.165) is 32.6 Å². The van der Waals surface area contributed by atoms with Crippen molar-refractivity contribution >= 4 is 5.91 Å². The van der Waals surface area contributed by atoms with Gasteiger partial charge in [0.2, 0.25) is 5.91 Å². The minimum atomic E-state index is -0.352. The molecule has 0 aliphatic carbocycles. The van der Waals surface area contributed by atoms with E-state index < -0.39 is 0 Å². The molecule has 0 radical (unpaired) electrons. The Labute approximate surface area is 85.2 Å². The number of nitrogens with two attached hydrogens (primary N) is 1. The fourth-order valence-electron chi connectivity index (χ4n) is 1.51. The molecular formula is C10H20N2O2. The van der Waals surface area contributed by atoms with Gasteiger partial charge in [0.15, 0.2) is 0 Å². The summed E-state index contributed by atoms with van der Waals surface area (Å²) < 4.78 is 5.24. The van der Waals surface area contributed by atoms with Gasteiger partial charge in [-0.05, 0) is 25.2 Å². The van der Waals surface area contributed by atoms with Crippen LogP contribution in [0.3, 0.4) is 0 Å². The van der Waals surface area contributed by atoms with Crippen molar-refractivity contribution in [2.24, 2.45) is 11.7 Å². The van der Waals surface area contributed by atoms with E-state index >= 15 is 0 Å². The summed E-state index contributed by atoms with van der Waals surface area (Å²) in [4.78, 5) is 11.3. The maximum Gasteiger partial charge on any atom is 0.236 e. The molecule has 1 aliphatic heterocycles. The zero-order valence-electron chi connectivity index (χ0n) is 8.79. The van der Waals surface area contributed by atoms with Crippen LogP contribution >= 0.6 is 0 Å². The van der Waals surface area contributed by atoms with E-state index in [2.05, 4.69) is 5.32 Å². The van der Waals surface area contributed by atoms with Crippen molar-refractivity contribution in [2.75, 3.05) is 19.8 Å². The van der Waals surface area contributed by atoms with Gasteiger partial charge in [-0.3, -0.25) is 4.79 Å². The lowest BCUT2D eigenvalue weighted by Crippen LogP contribution is -2.42. The van der Waals surface area contributed by atoms with E-state index in [4.69, 9.17) is 10.5 Å². The lowest BCUT2D eigenvalue weighted by molar-refractivity contribution is -0.122. The molecule has 1 aliphatic rings. The number of amides is 1. The molecule has 4 nitrogen and oxygen atoms in total. The summed E-state index contributed by atoms with van der Waals surface area (Å²) in [6, 6.07) is -0.352. The molecule has 0 bridgehead atoms. The molecule has 0 aromatic rings. The van der Waals surface area contributed by atoms with Crippen LogP contribution in [0.1, 0.15) is 26.2 Å². The Balaban J connectivity index is 2.15. The van der Waals surface area contributed by atoms with Gasteiger partial charge >= 0.3 is 0 Å². The van der Waals surface area contributed by atoms with Crippen molar-refractivity contribution in [3.05, 3.63) is 0 Å². The Hall–Kier alpha value is -0.610. The summed E-state index contributed by atoms with van der Waals surface area (Å²) in [6.07, 6.45) is 2.78. The molecule has 0 aromatic heterocycles. The van der Waals surface area contributed by atoms with Gasteiger partial charge in [-0.2, -0.15) is 0 Å². The highest BCUT2D eigenvalue weighted by Crippen LogP contribution is 2.13. The average molecular weight is 200 g/mol. The standard InChI is InChI=1S/C10H20N2O2/c1-2-9(11)10(13)12-7-8-3-5-14-6-4-8/h8-9H,2-7,11H2,1H3,(H,12,13). The Morgan fingerprint density at radius 2 is 2.21 bits per heavy atom. The van der Waals surface area contributed by atoms with E-state index in [1.165, 1.54) is 0 Å². The summed E-state index contributed by atoms with van der Waals surface area (Å²) in [7, 11) is 0. The molecule has 1 fully saturated rings. The zero-order valence-corrected chi connectivity index (χ0v) is 8.79. The van der Waals surface area contributed by atoms with Crippen LogP contribution in [0.15, 0.2) is 0 Å². The Morgan fingerprint density at radius 1 is 1.57 bits per heavy atom. The van der Waals surface area contributed by atoms with E-state index in [9.17, 15) is 4.79 Å². The predicted molar refractivity (Wildman–Crippen MR) is 54.8 cm³/mol. The van der Waals surface area contributed by atoms with Gasteiger partial charge in [0.25, 0.3) is 0 Å². The first-order valence-corrected chi connectivity index (χ1v) is 5.35. The van der Waals surface area contributed by atoms with Crippen LogP contribution in [-0.4, -0.2) is 31.7 Å². The van der Waals surface area contributed by atoms with Gasteiger partial charge in [0, 0.05) is 19.8 Å². The average Bonchev–Trinajstić information content (AvgIpc) is 2.26. The number of hydrogen-bond acceptors (Lipinski definition) is 3. The minimum absolute atomic E-state index is 0.0287. The fraction of sp³-hybridized carbons (Fsp3) is 0.900. The third kappa shape index (κ3) is 3.64. The number of nitrogens with one attached hydrogen (secondary N) is 1. The van der Waals surface area contributed by atoms with Gasteiger partial charge in [0.05, 0.1) is 6.04 Å². The molecule has 0 aromatic carbocycles. The second kappa shape index (κ2) is 5.98. The van der Waals surface area contributed by atoms with Crippen LogP contribution in [0, 0.1) is 5.92 Å². The van der Waals surface area contributed by atoms with Crippen molar-refractivity contribution in [1.82, 2.24) is 5.32 Å². The van der Waals surface area contributed by atoms with Crippen molar-refractivity contribution in [1.29, 1.82) is 0 Å². The van der Waals surface area contributed by atoms with Crippen LogP contribution in [0.25, 0.3) is 0 Å². The quantitative estimate of drug-likeness (QED) is 0.684. The molecule has 1 rings (SSSR count). The topological polar surface area (TPSA) is 64.4 Å². The van der Waals surface area contributed by atoms with Crippen LogP contribution < -0.4 is 11.1 Å². The third-order valence-corrected chi connectivity index (χ3v) is 2.68. The van der Waals surface area contributed by atoms with Crippen LogP contribution in [0.2, 0.25) is 0 Å². The van der Waals surface area contributed by atoms with Gasteiger partial charge in [-0.15, -0.1) is 0 Å². The number of rotatable bonds is 4. The molecule has 3 N–H and O–H groups in total. The first-order chi connectivity index (χ1) is 6.74. The highest BCUT2D eigenvalue weighted by molar-refractivity contribution is 5.81. The molecule has 4 heteroatoms. The Morgan fingerprint density at radius 3 is 2.79 bits per heavy atom. The minimum Gasteiger partial charge on any atom is -0.381 e. The monoisotopic (exact) mass is 200 g/mol. The molecule has 14 heavy (non-hydrogen) atoms. The van der Waals surface area contributed by atoms with E-state index in [0.29, 0.717) is 12.3 Å². The van der Waals surface area contributed by atoms with E-state index in [-0.39, 0.29) is 11.9 Å². The van der Waals surface area contributed by atoms with Crippen LogP contribution in [-0.2, 0) is 9.53 Å². The number of hydrogen-bond donors (Lipinski definition) is 2. The van der Waals surface area contributed by atoms with Crippen molar-refractivity contribution in [3.8, 4) is 0 Å². The molecule has 82 valence electrons. The predicted octanol–water partition coefficient (Wildman–Crippen LogP) is 0.267. The van der Waals surface area contributed by atoms with Gasteiger partial charge in [-0.25, -0.2) is 0 Å². The van der Waals surface area contributed by atoms with Crippen molar-refractivity contribution < 1.29 is 9.53 Å². The van der Waals surface area contributed by atoms with E-state index in [1.54, 1.807) is 0 Å². The van der Waals surface area contributed by atoms with Crippen molar-refractivity contribution in [3.63, 3.8) is 0 Å². The number of carbonyl (C=O) groups excluding carboxylic acids is 1. The second-order valence-corrected chi connectivity index (χ2v) is 3.82. The largest absolute Gasteiger partial charge is 0.381 e. The van der Waals surface area contributed by atoms with Crippen LogP contribution in [0.4, 0.5) is 0 Å². The smallest absolute Gasteiger partial charge is 0.236 e. The molecule has 0 spiro atoms. The normalized spacial score (nSPS) is 20.4. The summed E-state index contributed by atoms with van der Waals surface area (Å²) in [5.74, 6) is 0.538. The van der Waals surface area contributed by atoms with Gasteiger partial charge in [-0.1, -0.05) is 6.92 Å². The molecule has 1 heterocycles. The lowest BCUT2D eigenvalue weighted by atomic mass is 10.0. The zero-order chi connectivity index (χ0) is 10.4. The highest BCUT2D eigenvalue weighted by atomic mass is 16.5. The highest BCUT2D eigenvalue weighted by Gasteiger charge is 2.16. The lowest BCUT2D eigenvalue weighted by Gasteiger charge is -2.22. The molecule has 1 unspecified atom stereocenters. The SMILES string of the molecule is CCC(N)C(=O)NCC1CCOCC1. The van der Waals surface area contributed by atoms with Crippen molar-refractivity contribution in [2.45, 2.75) is 32.2 Å². The fourth-order valence-corrected chi connectivity index (χ4v) is 1.51.